The van der Waals surface area contributed by atoms with E-state index in [0.717, 1.165) is 18.5 Å². The Kier molecular flexibility index (Phi) is 4.57. The molecule has 5 heteroatoms. The van der Waals surface area contributed by atoms with Crippen LogP contribution in [0, 0.1) is 5.82 Å². The first kappa shape index (κ1) is 15.5. The molecule has 120 valence electrons. The molecule has 1 aliphatic rings. The molecule has 1 saturated heterocycles. The monoisotopic (exact) mass is 315 g/mol. The Hall–Kier alpha value is -2.40. The summed E-state index contributed by atoms with van der Waals surface area (Å²) < 4.78 is 18.7. The second-order valence-corrected chi connectivity index (χ2v) is 5.67. The van der Waals surface area contributed by atoms with Crippen molar-refractivity contribution < 1.29 is 19.0 Å². The van der Waals surface area contributed by atoms with Gasteiger partial charge in [0.15, 0.2) is 0 Å². The molecule has 0 radical (unpaired) electrons. The zero-order valence-electron chi connectivity index (χ0n) is 12.6. The third kappa shape index (κ3) is 3.87. The van der Waals surface area contributed by atoms with Gasteiger partial charge in [0.2, 0.25) is 0 Å². The number of likely N-dealkylation sites (tertiary alicyclic amines) is 1. The Morgan fingerprint density at radius 3 is 2.70 bits per heavy atom. The lowest BCUT2D eigenvalue weighted by molar-refractivity contribution is -0.142. The predicted molar refractivity (Wildman–Crippen MR) is 84.0 cm³/mol. The molecule has 3 rings (SSSR count). The topological polar surface area (TPSA) is 49.8 Å². The van der Waals surface area contributed by atoms with Gasteiger partial charge in [0.25, 0.3) is 0 Å². The summed E-state index contributed by atoms with van der Waals surface area (Å²) >= 11 is 0. The van der Waals surface area contributed by atoms with Gasteiger partial charge in [0, 0.05) is 12.6 Å². The maximum absolute atomic E-state index is 13.1. The van der Waals surface area contributed by atoms with E-state index >= 15 is 0 Å². The van der Waals surface area contributed by atoms with Crippen molar-refractivity contribution in [1.29, 1.82) is 0 Å². The number of aliphatic carboxylic acids is 1. The summed E-state index contributed by atoms with van der Waals surface area (Å²) in [5.41, 5.74) is 1.03. The summed E-state index contributed by atoms with van der Waals surface area (Å²) in [6.07, 6.45) is 1.62. The Morgan fingerprint density at radius 1 is 1.22 bits per heavy atom. The molecule has 0 aromatic heterocycles. The number of nitrogens with zero attached hydrogens (tertiary/aromatic N) is 1. The molecule has 0 bridgehead atoms. The second-order valence-electron chi connectivity index (χ2n) is 5.67. The molecule has 0 saturated carbocycles. The fourth-order valence-electron chi connectivity index (χ4n) is 2.86. The maximum atomic E-state index is 13.1. The summed E-state index contributed by atoms with van der Waals surface area (Å²) in [7, 11) is 0. The van der Waals surface area contributed by atoms with Gasteiger partial charge in [-0.15, -0.1) is 0 Å². The highest BCUT2D eigenvalue weighted by Gasteiger charge is 2.30. The Labute approximate surface area is 134 Å². The van der Waals surface area contributed by atoms with Crippen molar-refractivity contribution in [2.45, 2.75) is 25.4 Å². The van der Waals surface area contributed by atoms with Crippen molar-refractivity contribution in [3.8, 4) is 11.5 Å². The summed E-state index contributed by atoms with van der Waals surface area (Å²) in [4.78, 5) is 13.2. The Balaban J connectivity index is 1.64. The number of carboxylic acids is 1. The van der Waals surface area contributed by atoms with E-state index in [1.165, 1.54) is 12.1 Å². The molecule has 4 nitrogen and oxygen atoms in total. The van der Waals surface area contributed by atoms with E-state index < -0.39 is 12.0 Å². The first-order valence-electron chi connectivity index (χ1n) is 7.61. The van der Waals surface area contributed by atoms with Gasteiger partial charge in [-0.1, -0.05) is 18.2 Å². The molecule has 2 aromatic rings. The van der Waals surface area contributed by atoms with Crippen molar-refractivity contribution in [1.82, 2.24) is 4.90 Å². The minimum atomic E-state index is -0.756. The van der Waals surface area contributed by atoms with Crippen LogP contribution in [0.25, 0.3) is 0 Å². The van der Waals surface area contributed by atoms with E-state index in [1.807, 2.05) is 29.2 Å². The minimum Gasteiger partial charge on any atom is -0.480 e. The van der Waals surface area contributed by atoms with Crippen LogP contribution in [-0.4, -0.2) is 28.6 Å². The van der Waals surface area contributed by atoms with Crippen LogP contribution in [0.2, 0.25) is 0 Å². The quantitative estimate of drug-likeness (QED) is 0.914. The molecular weight excluding hydrogens is 297 g/mol. The smallest absolute Gasteiger partial charge is 0.320 e. The van der Waals surface area contributed by atoms with E-state index in [2.05, 4.69) is 0 Å². The molecule has 0 amide bonds. The molecule has 1 aliphatic heterocycles. The van der Waals surface area contributed by atoms with Crippen LogP contribution in [0.4, 0.5) is 4.39 Å². The van der Waals surface area contributed by atoms with Crippen LogP contribution in [0.1, 0.15) is 18.4 Å². The van der Waals surface area contributed by atoms with Crippen molar-refractivity contribution in [2.75, 3.05) is 6.54 Å². The van der Waals surface area contributed by atoms with E-state index in [4.69, 9.17) is 4.74 Å². The zero-order valence-corrected chi connectivity index (χ0v) is 12.6. The second kappa shape index (κ2) is 6.79. The molecule has 0 unspecified atom stereocenters. The van der Waals surface area contributed by atoms with Crippen molar-refractivity contribution >= 4 is 5.97 Å². The van der Waals surface area contributed by atoms with Gasteiger partial charge in [-0.05, 0) is 49.2 Å². The van der Waals surface area contributed by atoms with Gasteiger partial charge in [-0.3, -0.25) is 9.69 Å². The van der Waals surface area contributed by atoms with Crippen LogP contribution >= 0.6 is 0 Å². The number of ether oxygens (including phenoxy) is 1. The largest absolute Gasteiger partial charge is 0.480 e. The highest BCUT2D eigenvalue weighted by atomic mass is 19.1. The number of hydrogen-bond donors (Lipinski definition) is 1. The number of halogens is 1. The molecule has 23 heavy (non-hydrogen) atoms. The predicted octanol–water partition coefficient (Wildman–Crippen LogP) is 3.67. The normalized spacial score (nSPS) is 18.0. The number of rotatable bonds is 5. The summed E-state index contributed by atoms with van der Waals surface area (Å²) in [5, 5.41) is 9.20. The molecule has 2 aromatic carbocycles. The molecule has 0 spiro atoms. The zero-order chi connectivity index (χ0) is 16.2. The lowest BCUT2D eigenvalue weighted by Crippen LogP contribution is -2.35. The molecule has 1 atom stereocenters. The minimum absolute atomic E-state index is 0.340. The molecule has 1 N–H and O–H groups in total. The average molecular weight is 315 g/mol. The highest BCUT2D eigenvalue weighted by Crippen LogP contribution is 2.24. The fraction of sp³-hybridized carbons (Fsp3) is 0.278. The number of hydrogen-bond acceptors (Lipinski definition) is 3. The number of carbonyl (C=O) groups is 1. The highest BCUT2D eigenvalue weighted by molar-refractivity contribution is 5.73. The SMILES string of the molecule is O=C(O)[C@H]1CCCN1Cc1ccc(Oc2cccc(F)c2)cc1. The van der Waals surface area contributed by atoms with E-state index in [1.54, 1.807) is 12.1 Å². The van der Waals surface area contributed by atoms with Gasteiger partial charge in [0.1, 0.15) is 23.4 Å². The van der Waals surface area contributed by atoms with E-state index in [-0.39, 0.29) is 5.82 Å². The van der Waals surface area contributed by atoms with Crippen LogP contribution in [0.3, 0.4) is 0 Å². The van der Waals surface area contributed by atoms with Crippen molar-refractivity contribution in [2.24, 2.45) is 0 Å². The van der Waals surface area contributed by atoms with E-state index in [0.29, 0.717) is 24.5 Å². The summed E-state index contributed by atoms with van der Waals surface area (Å²) in [6, 6.07) is 13.0. The van der Waals surface area contributed by atoms with Crippen LogP contribution in [0.5, 0.6) is 11.5 Å². The van der Waals surface area contributed by atoms with Gasteiger partial charge in [-0.2, -0.15) is 0 Å². The van der Waals surface area contributed by atoms with Gasteiger partial charge < -0.3 is 9.84 Å². The summed E-state index contributed by atoms with van der Waals surface area (Å²) in [5.74, 6) is -0.0276. The van der Waals surface area contributed by atoms with E-state index in [9.17, 15) is 14.3 Å². The fourth-order valence-corrected chi connectivity index (χ4v) is 2.86. The van der Waals surface area contributed by atoms with Gasteiger partial charge in [-0.25, -0.2) is 4.39 Å². The average Bonchev–Trinajstić information content (AvgIpc) is 2.98. The lowest BCUT2D eigenvalue weighted by Gasteiger charge is -2.21. The molecule has 1 fully saturated rings. The molecule has 1 heterocycles. The van der Waals surface area contributed by atoms with Crippen LogP contribution < -0.4 is 4.74 Å². The maximum Gasteiger partial charge on any atom is 0.320 e. The Bertz CT molecular complexity index is 687. The number of carboxylic acid groups (broad SMARTS) is 1. The third-order valence-electron chi connectivity index (χ3n) is 3.99. The third-order valence-corrected chi connectivity index (χ3v) is 3.99. The Morgan fingerprint density at radius 2 is 2.00 bits per heavy atom. The van der Waals surface area contributed by atoms with Crippen molar-refractivity contribution in [3.63, 3.8) is 0 Å². The molecular formula is C18H18FNO3. The lowest BCUT2D eigenvalue weighted by atomic mass is 10.2. The summed E-state index contributed by atoms with van der Waals surface area (Å²) in [6.45, 7) is 1.41. The first-order chi connectivity index (χ1) is 11.1. The van der Waals surface area contributed by atoms with Gasteiger partial charge in [0.05, 0.1) is 0 Å². The van der Waals surface area contributed by atoms with Gasteiger partial charge >= 0.3 is 5.97 Å². The standard InChI is InChI=1S/C18H18FNO3/c19-14-3-1-4-16(11-14)23-15-8-6-13(7-9-15)12-20-10-2-5-17(20)18(21)22/h1,3-4,6-9,11,17H,2,5,10,12H2,(H,21,22)/t17-/m1/s1. The first-order valence-corrected chi connectivity index (χ1v) is 7.61. The van der Waals surface area contributed by atoms with Crippen molar-refractivity contribution in [3.05, 3.63) is 59.9 Å². The number of benzene rings is 2. The van der Waals surface area contributed by atoms with Crippen LogP contribution in [-0.2, 0) is 11.3 Å². The van der Waals surface area contributed by atoms with Crippen LogP contribution in [0.15, 0.2) is 48.5 Å². The molecule has 0 aliphatic carbocycles.